The van der Waals surface area contributed by atoms with E-state index in [1.165, 1.54) is 0 Å². The van der Waals surface area contributed by atoms with Crippen LogP contribution in [0.1, 0.15) is 11.4 Å². The standard InChI is InChI=1S/C8H9N3O/c1-6-2-3-11-7(4-6)9-10-8(11)5-12/h2-4,12H,5H2,1H3. The fourth-order valence-electron chi connectivity index (χ4n) is 1.15. The van der Waals surface area contributed by atoms with Crippen molar-refractivity contribution in [3.8, 4) is 0 Å². The molecule has 0 aliphatic rings. The molecule has 0 fully saturated rings. The van der Waals surface area contributed by atoms with Gasteiger partial charge in [-0.1, -0.05) is 0 Å². The molecule has 0 aromatic carbocycles. The summed E-state index contributed by atoms with van der Waals surface area (Å²) in [5.41, 5.74) is 1.92. The molecule has 0 bridgehead atoms. The first-order valence-electron chi connectivity index (χ1n) is 3.72. The lowest BCUT2D eigenvalue weighted by molar-refractivity contribution is 0.270. The van der Waals surface area contributed by atoms with Gasteiger partial charge in [0.15, 0.2) is 11.5 Å². The quantitative estimate of drug-likeness (QED) is 0.667. The number of aliphatic hydroxyl groups excluding tert-OH is 1. The minimum absolute atomic E-state index is 0.0791. The van der Waals surface area contributed by atoms with E-state index in [-0.39, 0.29) is 6.61 Å². The molecule has 0 spiro atoms. The fourth-order valence-corrected chi connectivity index (χ4v) is 1.15. The lowest BCUT2D eigenvalue weighted by Gasteiger charge is -1.95. The van der Waals surface area contributed by atoms with E-state index >= 15 is 0 Å². The summed E-state index contributed by atoms with van der Waals surface area (Å²) in [6, 6.07) is 3.88. The van der Waals surface area contributed by atoms with Crippen LogP contribution < -0.4 is 0 Å². The van der Waals surface area contributed by atoms with E-state index in [0.29, 0.717) is 5.82 Å². The van der Waals surface area contributed by atoms with Crippen LogP contribution in [0.4, 0.5) is 0 Å². The second kappa shape index (κ2) is 2.57. The van der Waals surface area contributed by atoms with E-state index in [4.69, 9.17) is 5.11 Å². The van der Waals surface area contributed by atoms with Crippen molar-refractivity contribution in [1.29, 1.82) is 0 Å². The van der Waals surface area contributed by atoms with E-state index in [2.05, 4.69) is 10.2 Å². The van der Waals surface area contributed by atoms with Crippen LogP contribution in [-0.2, 0) is 6.61 Å². The Hall–Kier alpha value is -1.42. The van der Waals surface area contributed by atoms with E-state index < -0.39 is 0 Å². The molecular weight excluding hydrogens is 154 g/mol. The largest absolute Gasteiger partial charge is 0.388 e. The first-order chi connectivity index (χ1) is 5.81. The molecule has 62 valence electrons. The molecule has 2 aromatic heterocycles. The van der Waals surface area contributed by atoms with Crippen molar-refractivity contribution in [2.45, 2.75) is 13.5 Å². The molecule has 12 heavy (non-hydrogen) atoms. The molecular formula is C8H9N3O. The van der Waals surface area contributed by atoms with Gasteiger partial charge in [0.05, 0.1) is 0 Å². The lowest BCUT2D eigenvalue weighted by Crippen LogP contribution is -1.93. The van der Waals surface area contributed by atoms with E-state index in [1.54, 1.807) is 4.40 Å². The van der Waals surface area contributed by atoms with Crippen LogP contribution in [0, 0.1) is 6.92 Å². The number of aromatic nitrogens is 3. The number of rotatable bonds is 1. The molecule has 1 N–H and O–H groups in total. The highest BCUT2D eigenvalue weighted by Crippen LogP contribution is 2.05. The Morgan fingerprint density at radius 3 is 3.08 bits per heavy atom. The highest BCUT2D eigenvalue weighted by molar-refractivity contribution is 5.40. The van der Waals surface area contributed by atoms with Crippen molar-refractivity contribution in [3.63, 3.8) is 0 Å². The van der Waals surface area contributed by atoms with Crippen molar-refractivity contribution in [3.05, 3.63) is 29.7 Å². The Labute approximate surface area is 69.5 Å². The summed E-state index contributed by atoms with van der Waals surface area (Å²) < 4.78 is 1.77. The third-order valence-electron chi connectivity index (χ3n) is 1.78. The Kier molecular flexibility index (Phi) is 1.55. The van der Waals surface area contributed by atoms with Gasteiger partial charge < -0.3 is 5.11 Å². The topological polar surface area (TPSA) is 50.4 Å². The van der Waals surface area contributed by atoms with E-state index in [9.17, 15) is 0 Å². The second-order valence-electron chi connectivity index (χ2n) is 2.71. The Bertz CT molecular complexity index is 408. The highest BCUT2D eigenvalue weighted by atomic mass is 16.3. The van der Waals surface area contributed by atoms with Gasteiger partial charge >= 0.3 is 0 Å². The van der Waals surface area contributed by atoms with E-state index in [1.807, 2.05) is 25.3 Å². The maximum atomic E-state index is 8.87. The number of aliphatic hydroxyl groups is 1. The molecule has 0 atom stereocenters. The van der Waals surface area contributed by atoms with Gasteiger partial charge in [-0.3, -0.25) is 4.40 Å². The third-order valence-corrected chi connectivity index (χ3v) is 1.78. The Morgan fingerprint density at radius 2 is 2.33 bits per heavy atom. The summed E-state index contributed by atoms with van der Waals surface area (Å²) in [5.74, 6) is 0.574. The number of fused-ring (bicyclic) bond motifs is 1. The summed E-state index contributed by atoms with van der Waals surface area (Å²) in [4.78, 5) is 0. The molecule has 2 heterocycles. The Balaban J connectivity index is 2.73. The molecule has 0 aliphatic carbocycles. The summed E-state index contributed by atoms with van der Waals surface area (Å²) >= 11 is 0. The predicted molar refractivity (Wildman–Crippen MR) is 43.6 cm³/mol. The average Bonchev–Trinajstić information content (AvgIpc) is 2.46. The molecule has 0 aliphatic heterocycles. The minimum Gasteiger partial charge on any atom is -0.388 e. The summed E-state index contributed by atoms with van der Waals surface area (Å²) in [6.45, 7) is 1.91. The van der Waals surface area contributed by atoms with Crippen LogP contribution >= 0.6 is 0 Å². The lowest BCUT2D eigenvalue weighted by atomic mass is 10.3. The monoisotopic (exact) mass is 163 g/mol. The Morgan fingerprint density at radius 1 is 1.50 bits per heavy atom. The van der Waals surface area contributed by atoms with Gasteiger partial charge in [-0.15, -0.1) is 10.2 Å². The maximum Gasteiger partial charge on any atom is 0.163 e. The van der Waals surface area contributed by atoms with Gasteiger partial charge in [0.25, 0.3) is 0 Å². The zero-order valence-corrected chi connectivity index (χ0v) is 6.73. The third kappa shape index (κ3) is 0.967. The molecule has 0 radical (unpaired) electrons. The van der Waals surface area contributed by atoms with Crippen LogP contribution in [0.2, 0.25) is 0 Å². The van der Waals surface area contributed by atoms with Gasteiger partial charge in [-0.25, -0.2) is 0 Å². The summed E-state index contributed by atoms with van der Waals surface area (Å²) in [6.07, 6.45) is 1.86. The maximum absolute atomic E-state index is 8.87. The van der Waals surface area contributed by atoms with Crippen LogP contribution in [0.5, 0.6) is 0 Å². The van der Waals surface area contributed by atoms with Gasteiger partial charge in [0.2, 0.25) is 0 Å². The predicted octanol–water partition coefficient (Wildman–Crippen LogP) is 0.530. The number of hydrogen-bond donors (Lipinski definition) is 1. The average molecular weight is 163 g/mol. The van der Waals surface area contributed by atoms with Crippen molar-refractivity contribution in [1.82, 2.24) is 14.6 Å². The van der Waals surface area contributed by atoms with Crippen LogP contribution in [0.3, 0.4) is 0 Å². The van der Waals surface area contributed by atoms with Gasteiger partial charge in [-0.2, -0.15) is 0 Å². The minimum atomic E-state index is -0.0791. The summed E-state index contributed by atoms with van der Waals surface area (Å²) in [5, 5.41) is 16.6. The molecule has 0 saturated heterocycles. The molecule has 4 heteroatoms. The summed E-state index contributed by atoms with van der Waals surface area (Å²) in [7, 11) is 0. The van der Waals surface area contributed by atoms with Crippen molar-refractivity contribution >= 4 is 5.65 Å². The zero-order valence-electron chi connectivity index (χ0n) is 6.73. The number of pyridine rings is 1. The smallest absolute Gasteiger partial charge is 0.163 e. The van der Waals surface area contributed by atoms with E-state index in [0.717, 1.165) is 11.2 Å². The number of nitrogens with zero attached hydrogens (tertiary/aromatic N) is 3. The van der Waals surface area contributed by atoms with Crippen LogP contribution in [0.15, 0.2) is 18.3 Å². The highest BCUT2D eigenvalue weighted by Gasteiger charge is 2.02. The fraction of sp³-hybridized carbons (Fsp3) is 0.250. The van der Waals surface area contributed by atoms with Crippen molar-refractivity contribution in [2.75, 3.05) is 0 Å². The van der Waals surface area contributed by atoms with Gasteiger partial charge in [-0.05, 0) is 24.6 Å². The van der Waals surface area contributed by atoms with Crippen LogP contribution in [-0.4, -0.2) is 19.7 Å². The molecule has 0 amide bonds. The molecule has 2 rings (SSSR count). The zero-order chi connectivity index (χ0) is 8.55. The first-order valence-corrected chi connectivity index (χ1v) is 3.72. The number of aryl methyl sites for hydroxylation is 1. The SMILES string of the molecule is Cc1ccn2c(CO)nnc2c1. The second-order valence-corrected chi connectivity index (χ2v) is 2.71. The normalized spacial score (nSPS) is 10.8. The molecule has 2 aromatic rings. The molecule has 0 unspecified atom stereocenters. The van der Waals surface area contributed by atoms with Crippen LogP contribution in [0.25, 0.3) is 5.65 Å². The first kappa shape index (κ1) is 7.24. The van der Waals surface area contributed by atoms with Crippen molar-refractivity contribution < 1.29 is 5.11 Å². The molecule has 4 nitrogen and oxygen atoms in total. The number of hydrogen-bond acceptors (Lipinski definition) is 3. The van der Waals surface area contributed by atoms with Crippen molar-refractivity contribution in [2.24, 2.45) is 0 Å². The van der Waals surface area contributed by atoms with Gasteiger partial charge in [0, 0.05) is 6.20 Å². The molecule has 0 saturated carbocycles. The van der Waals surface area contributed by atoms with Gasteiger partial charge in [0.1, 0.15) is 6.61 Å².